The van der Waals surface area contributed by atoms with Crippen LogP contribution in [0.4, 0.5) is 0 Å². The van der Waals surface area contributed by atoms with Gasteiger partial charge in [0.15, 0.2) is 0 Å². The lowest BCUT2D eigenvalue weighted by molar-refractivity contribution is 0.0598. The second-order valence-electron chi connectivity index (χ2n) is 7.07. The van der Waals surface area contributed by atoms with Gasteiger partial charge in [0.05, 0.1) is 31.0 Å². The van der Waals surface area contributed by atoms with E-state index in [4.69, 9.17) is 9.15 Å². The minimum atomic E-state index is -0.426. The Balaban J connectivity index is 1.43. The topological polar surface area (TPSA) is 77.6 Å². The predicted octanol–water partition coefficient (Wildman–Crippen LogP) is 4.03. The molecule has 0 bridgehead atoms. The highest BCUT2D eigenvalue weighted by atomic mass is 32.2. The fourth-order valence-corrected chi connectivity index (χ4v) is 4.68. The van der Waals surface area contributed by atoms with Crippen molar-refractivity contribution in [1.82, 2.24) is 14.5 Å². The number of thioether (sulfide) groups is 1. The lowest BCUT2D eigenvalue weighted by atomic mass is 10.0. The number of piperidine rings is 1. The second kappa shape index (κ2) is 9.21. The minimum absolute atomic E-state index is 0.0369. The van der Waals surface area contributed by atoms with Crippen LogP contribution in [0.15, 0.2) is 64.6 Å². The summed E-state index contributed by atoms with van der Waals surface area (Å²) in [6, 6.07) is 9.56. The number of aromatic nitrogens is 2. The summed E-state index contributed by atoms with van der Waals surface area (Å²) in [6.07, 6.45) is 8.90. The first kappa shape index (κ1) is 20.3. The molecule has 4 rings (SSSR count). The molecule has 156 valence electrons. The van der Waals surface area contributed by atoms with Crippen LogP contribution < -0.4 is 0 Å². The molecule has 30 heavy (non-hydrogen) atoms. The van der Waals surface area contributed by atoms with Crippen LogP contribution in [0.1, 0.15) is 45.4 Å². The Bertz CT molecular complexity index is 1010. The molecule has 1 aliphatic heterocycles. The SMILES string of the molecule is COC(=O)c1ccoc1CSc1ccccc1C(=O)N1CCC(n2ccnc2)CC1. The van der Waals surface area contributed by atoms with Crippen molar-refractivity contribution in [3.63, 3.8) is 0 Å². The lowest BCUT2D eigenvalue weighted by Crippen LogP contribution is -2.39. The van der Waals surface area contributed by atoms with Crippen LogP contribution in [0.25, 0.3) is 0 Å². The van der Waals surface area contributed by atoms with E-state index < -0.39 is 5.97 Å². The average Bonchev–Trinajstić information content (AvgIpc) is 3.49. The Labute approximate surface area is 179 Å². The maximum Gasteiger partial charge on any atom is 0.341 e. The van der Waals surface area contributed by atoms with E-state index in [9.17, 15) is 9.59 Å². The normalized spacial score (nSPS) is 14.6. The molecule has 1 fully saturated rings. The number of methoxy groups -OCH3 is 1. The number of hydrogen-bond donors (Lipinski definition) is 0. The number of benzene rings is 1. The summed E-state index contributed by atoms with van der Waals surface area (Å²) in [5, 5.41) is 0. The van der Waals surface area contributed by atoms with E-state index in [1.165, 1.54) is 25.1 Å². The van der Waals surface area contributed by atoms with Gasteiger partial charge < -0.3 is 18.6 Å². The van der Waals surface area contributed by atoms with Crippen LogP contribution in [-0.4, -0.2) is 46.5 Å². The Kier molecular flexibility index (Phi) is 6.23. The van der Waals surface area contributed by atoms with Crippen LogP contribution in [0.2, 0.25) is 0 Å². The fourth-order valence-electron chi connectivity index (χ4n) is 3.68. The molecule has 1 amide bonds. The molecular weight excluding hydrogens is 402 g/mol. The number of furan rings is 1. The molecule has 8 heteroatoms. The van der Waals surface area contributed by atoms with Crippen molar-refractivity contribution < 1.29 is 18.7 Å². The molecule has 0 radical (unpaired) electrons. The number of carbonyl (C=O) groups is 2. The van der Waals surface area contributed by atoms with Crippen LogP contribution in [0.3, 0.4) is 0 Å². The number of esters is 1. The molecule has 0 unspecified atom stereocenters. The molecule has 1 saturated heterocycles. The number of hydrogen-bond acceptors (Lipinski definition) is 6. The van der Waals surface area contributed by atoms with Crippen LogP contribution in [0.5, 0.6) is 0 Å². The first-order chi connectivity index (χ1) is 14.7. The van der Waals surface area contributed by atoms with Gasteiger partial charge in [-0.1, -0.05) is 12.1 Å². The molecule has 3 heterocycles. The van der Waals surface area contributed by atoms with Gasteiger partial charge in [-0.3, -0.25) is 4.79 Å². The van der Waals surface area contributed by atoms with Crippen molar-refractivity contribution in [3.8, 4) is 0 Å². The van der Waals surface area contributed by atoms with E-state index in [1.54, 1.807) is 12.3 Å². The number of amides is 1. The standard InChI is InChI=1S/C22H23N3O4S/c1-28-22(27)17-8-13-29-19(17)14-30-20-5-3-2-4-18(20)21(26)24-10-6-16(7-11-24)25-12-9-23-15-25/h2-5,8-9,12-13,15-16H,6-7,10-11,14H2,1H3. The van der Waals surface area contributed by atoms with Gasteiger partial charge in [0, 0.05) is 36.4 Å². The maximum atomic E-state index is 13.2. The Morgan fingerprint density at radius 2 is 2.00 bits per heavy atom. The summed E-state index contributed by atoms with van der Waals surface area (Å²) in [7, 11) is 1.34. The van der Waals surface area contributed by atoms with Gasteiger partial charge >= 0.3 is 5.97 Å². The first-order valence-electron chi connectivity index (χ1n) is 9.80. The molecule has 2 aromatic heterocycles. The first-order valence-corrected chi connectivity index (χ1v) is 10.8. The molecule has 1 aromatic carbocycles. The zero-order chi connectivity index (χ0) is 20.9. The average molecular weight is 426 g/mol. The number of rotatable bonds is 6. The van der Waals surface area contributed by atoms with Crippen LogP contribution >= 0.6 is 11.8 Å². The Morgan fingerprint density at radius 3 is 2.73 bits per heavy atom. The quantitative estimate of drug-likeness (QED) is 0.438. The molecule has 0 spiro atoms. The number of nitrogens with zero attached hydrogens (tertiary/aromatic N) is 3. The summed E-state index contributed by atoms with van der Waals surface area (Å²) in [5.41, 5.74) is 1.09. The van der Waals surface area contributed by atoms with Crippen molar-refractivity contribution in [2.75, 3.05) is 20.2 Å². The Hall–Kier alpha value is -3.00. The van der Waals surface area contributed by atoms with Crippen molar-refractivity contribution in [2.24, 2.45) is 0 Å². The highest BCUT2D eigenvalue weighted by molar-refractivity contribution is 7.98. The summed E-state index contributed by atoms with van der Waals surface area (Å²) < 4.78 is 12.4. The highest BCUT2D eigenvalue weighted by Gasteiger charge is 2.26. The summed E-state index contributed by atoms with van der Waals surface area (Å²) in [4.78, 5) is 31.9. The van der Waals surface area contributed by atoms with Gasteiger partial charge in [-0.25, -0.2) is 9.78 Å². The van der Waals surface area contributed by atoms with Crippen molar-refractivity contribution in [2.45, 2.75) is 29.5 Å². The van der Waals surface area contributed by atoms with Crippen molar-refractivity contribution >= 4 is 23.6 Å². The predicted molar refractivity (Wildman–Crippen MR) is 112 cm³/mol. The zero-order valence-electron chi connectivity index (χ0n) is 16.7. The van der Waals surface area contributed by atoms with Gasteiger partial charge in [-0.2, -0.15) is 0 Å². The molecule has 0 atom stereocenters. The third-order valence-electron chi connectivity index (χ3n) is 5.33. The van der Waals surface area contributed by atoms with Crippen LogP contribution in [-0.2, 0) is 10.5 Å². The van der Waals surface area contributed by atoms with E-state index >= 15 is 0 Å². The van der Waals surface area contributed by atoms with Crippen molar-refractivity contribution in [1.29, 1.82) is 0 Å². The molecular formula is C22H23N3O4S. The van der Waals surface area contributed by atoms with Crippen LogP contribution in [0, 0.1) is 0 Å². The molecule has 0 N–H and O–H groups in total. The third-order valence-corrected chi connectivity index (χ3v) is 6.40. The van der Waals surface area contributed by atoms with E-state index in [0.717, 1.165) is 17.7 Å². The second-order valence-corrected chi connectivity index (χ2v) is 8.08. The number of carbonyl (C=O) groups excluding carboxylic acids is 2. The van der Waals surface area contributed by atoms with Crippen molar-refractivity contribution in [3.05, 3.63) is 72.2 Å². The van der Waals surface area contributed by atoms with Gasteiger partial charge in [-0.05, 0) is 31.0 Å². The number of imidazole rings is 1. The van der Waals surface area contributed by atoms with Gasteiger partial charge in [0.1, 0.15) is 11.3 Å². The molecule has 0 saturated carbocycles. The molecule has 7 nitrogen and oxygen atoms in total. The number of likely N-dealkylation sites (tertiary alicyclic amines) is 1. The number of ether oxygens (including phenoxy) is 1. The third kappa shape index (κ3) is 4.28. The summed E-state index contributed by atoms with van der Waals surface area (Å²) in [5.74, 6) is 0.583. The van der Waals surface area contributed by atoms with E-state index in [0.29, 0.717) is 41.8 Å². The summed E-state index contributed by atoms with van der Waals surface area (Å²) >= 11 is 1.48. The van der Waals surface area contributed by atoms with Gasteiger partial charge in [0.2, 0.25) is 0 Å². The van der Waals surface area contributed by atoms with E-state index in [-0.39, 0.29) is 5.91 Å². The zero-order valence-corrected chi connectivity index (χ0v) is 17.5. The molecule has 3 aromatic rings. The van der Waals surface area contributed by atoms with E-state index in [2.05, 4.69) is 9.55 Å². The van der Waals surface area contributed by atoms with E-state index in [1.807, 2.05) is 41.7 Å². The fraction of sp³-hybridized carbons (Fsp3) is 0.318. The summed E-state index contributed by atoms with van der Waals surface area (Å²) in [6.45, 7) is 1.43. The molecule has 1 aliphatic rings. The van der Waals surface area contributed by atoms with Gasteiger partial charge in [-0.15, -0.1) is 11.8 Å². The largest absolute Gasteiger partial charge is 0.468 e. The Morgan fingerprint density at radius 1 is 1.20 bits per heavy atom. The highest BCUT2D eigenvalue weighted by Crippen LogP contribution is 2.30. The smallest absolute Gasteiger partial charge is 0.341 e. The minimum Gasteiger partial charge on any atom is -0.468 e. The van der Waals surface area contributed by atoms with Gasteiger partial charge in [0.25, 0.3) is 5.91 Å². The maximum absolute atomic E-state index is 13.2. The monoisotopic (exact) mass is 425 g/mol. The lowest BCUT2D eigenvalue weighted by Gasteiger charge is -2.33. The molecule has 0 aliphatic carbocycles.